The molecule has 0 aliphatic rings. The lowest BCUT2D eigenvalue weighted by Gasteiger charge is -2.03. The summed E-state index contributed by atoms with van der Waals surface area (Å²) in [6, 6.07) is 3.48. The van der Waals surface area contributed by atoms with Crippen LogP contribution in [0.4, 0.5) is 0 Å². The molecule has 2 aromatic rings. The summed E-state index contributed by atoms with van der Waals surface area (Å²) in [5.41, 5.74) is 6.62. The fraction of sp³-hybridized carbons (Fsp3) is 0.143. The van der Waals surface area contributed by atoms with Crippen molar-refractivity contribution in [3.63, 3.8) is 0 Å². The van der Waals surface area contributed by atoms with E-state index in [4.69, 9.17) is 17.3 Å². The van der Waals surface area contributed by atoms with E-state index in [0.717, 1.165) is 14.9 Å². The molecule has 0 saturated carbocycles. The van der Waals surface area contributed by atoms with Crippen molar-refractivity contribution in [2.24, 2.45) is 5.73 Å². The normalized spacial score (nSPS) is 13.1. The summed E-state index contributed by atoms with van der Waals surface area (Å²) in [7, 11) is 0. The number of H-pyrrole nitrogens is 1. The second-order valence-corrected chi connectivity index (χ2v) is 4.26. The van der Waals surface area contributed by atoms with Gasteiger partial charge in [-0.25, -0.2) is 0 Å². The van der Waals surface area contributed by atoms with Crippen LogP contribution in [0.25, 0.3) is 0 Å². The highest BCUT2D eigenvalue weighted by Crippen LogP contribution is 2.28. The average Bonchev–Trinajstić information content (AvgIpc) is 2.72. The smallest absolute Gasteiger partial charge is 0.104 e. The molecule has 3 N–H and O–H groups in total. The van der Waals surface area contributed by atoms with Crippen LogP contribution < -0.4 is 5.73 Å². The van der Waals surface area contributed by atoms with Gasteiger partial charge in [0.1, 0.15) is 5.69 Å². The molecular formula is C7H7ClN4S. The first-order chi connectivity index (χ1) is 6.27. The lowest BCUT2D eigenvalue weighted by atomic mass is 10.2. The minimum atomic E-state index is -0.240. The highest BCUT2D eigenvalue weighted by atomic mass is 35.5. The Balaban J connectivity index is 2.28. The van der Waals surface area contributed by atoms with Crippen molar-refractivity contribution in [2.45, 2.75) is 6.04 Å². The van der Waals surface area contributed by atoms with Crippen LogP contribution in [0.1, 0.15) is 16.6 Å². The number of nitrogens with zero attached hydrogens (tertiary/aromatic N) is 2. The molecule has 1 unspecified atom stereocenters. The van der Waals surface area contributed by atoms with Crippen LogP contribution in [0.15, 0.2) is 18.3 Å². The Morgan fingerprint density at radius 2 is 2.38 bits per heavy atom. The van der Waals surface area contributed by atoms with Crippen LogP contribution in [-0.4, -0.2) is 15.4 Å². The lowest BCUT2D eigenvalue weighted by Crippen LogP contribution is -2.10. The average molecular weight is 215 g/mol. The van der Waals surface area contributed by atoms with Crippen molar-refractivity contribution in [1.29, 1.82) is 0 Å². The number of nitrogens with two attached hydrogens (primary N) is 1. The second-order valence-electron chi connectivity index (χ2n) is 2.51. The van der Waals surface area contributed by atoms with Crippen molar-refractivity contribution in [3.8, 4) is 0 Å². The summed E-state index contributed by atoms with van der Waals surface area (Å²) < 4.78 is 0.731. The molecule has 0 aliphatic carbocycles. The van der Waals surface area contributed by atoms with Gasteiger partial charge in [0, 0.05) is 4.88 Å². The van der Waals surface area contributed by atoms with Crippen molar-refractivity contribution in [3.05, 3.63) is 33.2 Å². The third-order valence-electron chi connectivity index (χ3n) is 1.65. The van der Waals surface area contributed by atoms with E-state index < -0.39 is 0 Å². The van der Waals surface area contributed by atoms with Gasteiger partial charge in [-0.2, -0.15) is 15.4 Å². The third-order valence-corrected chi connectivity index (χ3v) is 2.97. The Labute approximate surface area is 83.7 Å². The molecule has 2 aromatic heterocycles. The molecule has 0 radical (unpaired) electrons. The molecule has 4 nitrogen and oxygen atoms in total. The molecule has 0 spiro atoms. The molecule has 0 fully saturated rings. The minimum Gasteiger partial charge on any atom is -0.318 e. The Kier molecular flexibility index (Phi) is 2.30. The van der Waals surface area contributed by atoms with Crippen LogP contribution in [0.2, 0.25) is 4.34 Å². The molecule has 0 aliphatic heterocycles. The summed E-state index contributed by atoms with van der Waals surface area (Å²) >= 11 is 7.24. The van der Waals surface area contributed by atoms with E-state index in [1.165, 1.54) is 11.3 Å². The lowest BCUT2D eigenvalue weighted by molar-refractivity contribution is 0.823. The summed E-state index contributed by atoms with van der Waals surface area (Å²) in [5, 5.41) is 10.1. The fourth-order valence-corrected chi connectivity index (χ4v) is 2.08. The summed E-state index contributed by atoms with van der Waals surface area (Å²) in [4.78, 5) is 0.985. The van der Waals surface area contributed by atoms with E-state index in [2.05, 4.69) is 15.4 Å². The molecule has 2 rings (SSSR count). The number of aromatic amines is 1. The monoisotopic (exact) mass is 214 g/mol. The molecule has 0 saturated heterocycles. The van der Waals surface area contributed by atoms with Gasteiger partial charge >= 0.3 is 0 Å². The second kappa shape index (κ2) is 3.45. The number of halogens is 1. The highest BCUT2D eigenvalue weighted by molar-refractivity contribution is 7.16. The molecule has 13 heavy (non-hydrogen) atoms. The van der Waals surface area contributed by atoms with Crippen LogP contribution in [-0.2, 0) is 0 Å². The van der Waals surface area contributed by atoms with Crippen molar-refractivity contribution < 1.29 is 0 Å². The largest absolute Gasteiger partial charge is 0.318 e. The first-order valence-corrected chi connectivity index (χ1v) is 4.83. The number of thiophene rings is 1. The Bertz CT molecular complexity index is 383. The minimum absolute atomic E-state index is 0.240. The van der Waals surface area contributed by atoms with Gasteiger partial charge in [0.05, 0.1) is 16.6 Å². The van der Waals surface area contributed by atoms with Gasteiger partial charge in [0.2, 0.25) is 0 Å². The zero-order chi connectivity index (χ0) is 9.26. The van der Waals surface area contributed by atoms with Crippen LogP contribution >= 0.6 is 22.9 Å². The Morgan fingerprint density at radius 1 is 1.54 bits per heavy atom. The standard InChI is InChI=1S/C7H7ClN4S/c8-6-2-1-5(13-6)7(9)4-3-10-12-11-4/h1-3,7H,9H2,(H,10,11,12). The maximum atomic E-state index is 5.90. The number of nitrogens with one attached hydrogen (secondary N) is 1. The molecule has 6 heteroatoms. The van der Waals surface area contributed by atoms with Crippen LogP contribution in [0.3, 0.4) is 0 Å². The number of hydrogen-bond acceptors (Lipinski definition) is 4. The number of aromatic nitrogens is 3. The summed E-state index contributed by atoms with van der Waals surface area (Å²) in [5.74, 6) is 0. The number of hydrogen-bond donors (Lipinski definition) is 2. The maximum Gasteiger partial charge on any atom is 0.104 e. The van der Waals surface area contributed by atoms with Crippen LogP contribution in [0, 0.1) is 0 Å². The molecular weight excluding hydrogens is 208 g/mol. The van der Waals surface area contributed by atoms with Gasteiger partial charge in [-0.1, -0.05) is 11.6 Å². The van der Waals surface area contributed by atoms with Crippen molar-refractivity contribution >= 4 is 22.9 Å². The van der Waals surface area contributed by atoms with E-state index in [1.54, 1.807) is 6.20 Å². The summed E-state index contributed by atoms with van der Waals surface area (Å²) in [6.45, 7) is 0. The van der Waals surface area contributed by atoms with E-state index in [9.17, 15) is 0 Å². The fourth-order valence-electron chi connectivity index (χ4n) is 1.00. The quantitative estimate of drug-likeness (QED) is 0.798. The van der Waals surface area contributed by atoms with Crippen molar-refractivity contribution in [1.82, 2.24) is 15.4 Å². The zero-order valence-corrected chi connectivity index (χ0v) is 8.14. The van der Waals surface area contributed by atoms with Gasteiger partial charge in [-0.15, -0.1) is 11.3 Å². The predicted molar refractivity (Wildman–Crippen MR) is 51.7 cm³/mol. The zero-order valence-electron chi connectivity index (χ0n) is 6.57. The van der Waals surface area contributed by atoms with E-state index in [-0.39, 0.29) is 6.04 Å². The highest BCUT2D eigenvalue weighted by Gasteiger charge is 2.13. The predicted octanol–water partition coefficient (Wildman–Crippen LogP) is 1.57. The van der Waals surface area contributed by atoms with Gasteiger partial charge in [-0.3, -0.25) is 0 Å². The number of rotatable bonds is 2. The van der Waals surface area contributed by atoms with E-state index >= 15 is 0 Å². The first-order valence-electron chi connectivity index (χ1n) is 3.64. The topological polar surface area (TPSA) is 67.6 Å². The first kappa shape index (κ1) is 8.68. The van der Waals surface area contributed by atoms with E-state index in [1.807, 2.05) is 12.1 Å². The molecule has 2 heterocycles. The molecule has 1 atom stereocenters. The van der Waals surface area contributed by atoms with Gasteiger partial charge in [0.25, 0.3) is 0 Å². The van der Waals surface area contributed by atoms with Crippen molar-refractivity contribution in [2.75, 3.05) is 0 Å². The molecule has 0 amide bonds. The molecule has 68 valence electrons. The van der Waals surface area contributed by atoms with E-state index in [0.29, 0.717) is 0 Å². The van der Waals surface area contributed by atoms with Gasteiger partial charge in [0.15, 0.2) is 0 Å². The third kappa shape index (κ3) is 1.72. The van der Waals surface area contributed by atoms with Gasteiger partial charge < -0.3 is 5.73 Å². The van der Waals surface area contributed by atoms with Crippen LogP contribution in [0.5, 0.6) is 0 Å². The summed E-state index contributed by atoms with van der Waals surface area (Å²) in [6.07, 6.45) is 1.61. The molecule has 0 aromatic carbocycles. The Morgan fingerprint density at radius 3 is 2.92 bits per heavy atom. The maximum absolute atomic E-state index is 5.90. The Hall–Kier alpha value is -0.910. The molecule has 0 bridgehead atoms. The SMILES string of the molecule is NC(c1cn[nH]n1)c1ccc(Cl)s1. The van der Waals surface area contributed by atoms with Gasteiger partial charge in [-0.05, 0) is 12.1 Å².